The Bertz CT molecular complexity index is 1030. The molecular formula is C24H25FN2O5. The zero-order chi connectivity index (χ0) is 22.7. The number of halogens is 1. The molecular weight excluding hydrogens is 415 g/mol. The van der Waals surface area contributed by atoms with E-state index in [0.717, 1.165) is 19.6 Å². The van der Waals surface area contributed by atoms with Crippen LogP contribution >= 0.6 is 0 Å². The van der Waals surface area contributed by atoms with E-state index in [9.17, 15) is 24.2 Å². The summed E-state index contributed by atoms with van der Waals surface area (Å²) in [5, 5.41) is 20.9. The topological polar surface area (TPSA) is 90.3 Å². The largest absolute Gasteiger partial charge is 0.508 e. The molecule has 2 aliphatic rings. The van der Waals surface area contributed by atoms with E-state index in [4.69, 9.17) is 4.74 Å². The van der Waals surface area contributed by atoms with Gasteiger partial charge in [0.2, 0.25) is 0 Å². The smallest absolute Gasteiger partial charge is 0.295 e. The molecule has 0 unspecified atom stereocenters. The van der Waals surface area contributed by atoms with Crippen molar-refractivity contribution in [3.8, 4) is 5.75 Å². The molecule has 0 spiro atoms. The number of Topliss-reactive ketones (excluding diaryl/α,β-unsaturated/α-hetero) is 1. The Hall–Kier alpha value is -3.23. The summed E-state index contributed by atoms with van der Waals surface area (Å²) in [5.41, 5.74) is 0.681. The zero-order valence-corrected chi connectivity index (χ0v) is 17.5. The number of carbonyl (C=O) groups excluding carboxylic acids is 2. The average molecular weight is 440 g/mol. The van der Waals surface area contributed by atoms with Gasteiger partial charge in [0, 0.05) is 31.7 Å². The van der Waals surface area contributed by atoms with Crippen molar-refractivity contribution in [3.05, 3.63) is 71.0 Å². The average Bonchev–Trinajstić information content (AvgIpc) is 3.05. The van der Waals surface area contributed by atoms with E-state index in [1.54, 1.807) is 12.1 Å². The van der Waals surface area contributed by atoms with Crippen LogP contribution in [0.5, 0.6) is 5.75 Å². The Morgan fingerprint density at radius 3 is 2.47 bits per heavy atom. The summed E-state index contributed by atoms with van der Waals surface area (Å²) in [5.74, 6) is -2.36. The van der Waals surface area contributed by atoms with Crippen LogP contribution in [0.3, 0.4) is 0 Å². The van der Waals surface area contributed by atoms with E-state index in [2.05, 4.69) is 4.90 Å². The molecule has 168 valence electrons. The lowest BCUT2D eigenvalue weighted by Crippen LogP contribution is -2.38. The van der Waals surface area contributed by atoms with Crippen molar-refractivity contribution < 1.29 is 28.9 Å². The Balaban J connectivity index is 1.67. The minimum atomic E-state index is -0.850. The molecule has 1 amide bonds. The second kappa shape index (κ2) is 9.50. The molecule has 32 heavy (non-hydrogen) atoms. The van der Waals surface area contributed by atoms with Crippen LogP contribution < -0.4 is 0 Å². The molecule has 0 aromatic heterocycles. The fourth-order valence-corrected chi connectivity index (χ4v) is 4.20. The number of aliphatic hydroxyl groups is 1. The van der Waals surface area contributed by atoms with E-state index in [1.807, 2.05) is 0 Å². The second-order valence-corrected chi connectivity index (χ2v) is 7.90. The van der Waals surface area contributed by atoms with E-state index in [1.165, 1.54) is 41.3 Å². The minimum Gasteiger partial charge on any atom is -0.508 e. The Morgan fingerprint density at radius 2 is 1.78 bits per heavy atom. The third kappa shape index (κ3) is 4.51. The van der Waals surface area contributed by atoms with Crippen molar-refractivity contribution >= 4 is 17.4 Å². The number of rotatable bonds is 6. The summed E-state index contributed by atoms with van der Waals surface area (Å²) in [4.78, 5) is 29.6. The number of benzene rings is 2. The molecule has 0 saturated carbocycles. The maximum Gasteiger partial charge on any atom is 0.295 e. The van der Waals surface area contributed by atoms with Crippen LogP contribution in [0.15, 0.2) is 54.1 Å². The number of carbonyl (C=O) groups is 2. The normalized spacial score (nSPS) is 21.3. The first-order chi connectivity index (χ1) is 15.5. The second-order valence-electron chi connectivity index (χ2n) is 7.90. The van der Waals surface area contributed by atoms with Crippen molar-refractivity contribution in [2.24, 2.45) is 0 Å². The number of aliphatic hydroxyl groups excluding tert-OH is 1. The molecule has 2 N–H and O–H groups in total. The van der Waals surface area contributed by atoms with Crippen molar-refractivity contribution in [3.63, 3.8) is 0 Å². The van der Waals surface area contributed by atoms with Crippen LogP contribution in [0.4, 0.5) is 4.39 Å². The summed E-state index contributed by atoms with van der Waals surface area (Å²) in [7, 11) is 0. The number of likely N-dealkylation sites (tertiary alicyclic amines) is 1. The fraction of sp³-hybridized carbons (Fsp3) is 0.333. The van der Waals surface area contributed by atoms with Crippen LogP contribution in [0.25, 0.3) is 5.76 Å². The van der Waals surface area contributed by atoms with Gasteiger partial charge in [-0.3, -0.25) is 14.5 Å². The molecule has 7 nitrogen and oxygen atoms in total. The van der Waals surface area contributed by atoms with Gasteiger partial charge in [-0.15, -0.1) is 0 Å². The van der Waals surface area contributed by atoms with Crippen molar-refractivity contribution in [1.82, 2.24) is 9.80 Å². The fourth-order valence-electron chi connectivity index (χ4n) is 4.20. The molecule has 0 aliphatic carbocycles. The molecule has 2 aromatic rings. The number of phenols is 1. The predicted octanol–water partition coefficient (Wildman–Crippen LogP) is 2.68. The maximum absolute atomic E-state index is 13.3. The highest BCUT2D eigenvalue weighted by Crippen LogP contribution is 2.40. The number of morpholine rings is 1. The van der Waals surface area contributed by atoms with Gasteiger partial charge < -0.3 is 19.8 Å². The first-order valence-corrected chi connectivity index (χ1v) is 10.6. The van der Waals surface area contributed by atoms with Gasteiger partial charge in [-0.25, -0.2) is 4.39 Å². The molecule has 2 aliphatic heterocycles. The van der Waals surface area contributed by atoms with Gasteiger partial charge in [0.15, 0.2) is 0 Å². The summed E-state index contributed by atoms with van der Waals surface area (Å²) < 4.78 is 18.7. The molecule has 2 saturated heterocycles. The van der Waals surface area contributed by atoms with E-state index in [0.29, 0.717) is 31.7 Å². The highest BCUT2D eigenvalue weighted by Gasteiger charge is 2.45. The maximum atomic E-state index is 13.3. The van der Waals surface area contributed by atoms with Crippen LogP contribution in [-0.2, 0) is 14.3 Å². The van der Waals surface area contributed by atoms with Crippen molar-refractivity contribution in [1.29, 1.82) is 0 Å². The van der Waals surface area contributed by atoms with Gasteiger partial charge in [0.1, 0.15) is 17.3 Å². The molecule has 4 rings (SSSR count). The van der Waals surface area contributed by atoms with Gasteiger partial charge in [-0.05, 0) is 48.4 Å². The number of nitrogens with zero attached hydrogens (tertiary/aromatic N) is 2. The van der Waals surface area contributed by atoms with Crippen LogP contribution in [0, 0.1) is 5.82 Å². The number of phenolic OH excluding ortho intramolecular Hbond substituents is 1. The van der Waals surface area contributed by atoms with Crippen molar-refractivity contribution in [2.75, 3.05) is 39.4 Å². The Morgan fingerprint density at radius 1 is 1.06 bits per heavy atom. The van der Waals surface area contributed by atoms with Gasteiger partial charge in [0.05, 0.1) is 24.8 Å². The molecule has 2 heterocycles. The van der Waals surface area contributed by atoms with Crippen LogP contribution in [-0.4, -0.2) is 71.1 Å². The number of aromatic hydroxyl groups is 1. The van der Waals surface area contributed by atoms with E-state index >= 15 is 0 Å². The number of hydrogen-bond donors (Lipinski definition) is 2. The standard InChI is InChI=1S/C24H25FN2O5/c25-18-7-5-16(6-8-18)22(29)20-21(17-3-1-4-19(28)15-17)27(24(31)23(20)30)10-2-9-26-11-13-32-14-12-26/h1,3-8,15,21,28-29H,2,9-14H2/b22-20+/t21-/m1/s1. The quantitative estimate of drug-likeness (QED) is 0.408. The SMILES string of the molecule is O=C1C(=O)N(CCCN2CCOCC2)[C@H](c2cccc(O)c2)/C1=C(\O)c1ccc(F)cc1. The lowest BCUT2D eigenvalue weighted by molar-refractivity contribution is -0.140. The lowest BCUT2D eigenvalue weighted by Gasteiger charge is -2.29. The highest BCUT2D eigenvalue weighted by molar-refractivity contribution is 6.46. The molecule has 0 radical (unpaired) electrons. The Kier molecular flexibility index (Phi) is 6.53. The van der Waals surface area contributed by atoms with E-state index in [-0.39, 0.29) is 22.6 Å². The summed E-state index contributed by atoms with van der Waals surface area (Å²) >= 11 is 0. The number of amides is 1. The highest BCUT2D eigenvalue weighted by atomic mass is 19.1. The van der Waals surface area contributed by atoms with Crippen LogP contribution in [0.1, 0.15) is 23.6 Å². The van der Waals surface area contributed by atoms with Gasteiger partial charge in [0.25, 0.3) is 11.7 Å². The summed E-state index contributed by atoms with van der Waals surface area (Å²) in [6, 6.07) is 10.5. The monoisotopic (exact) mass is 440 g/mol. The Labute approximate surface area is 185 Å². The zero-order valence-electron chi connectivity index (χ0n) is 17.5. The first kappa shape index (κ1) is 22.0. The first-order valence-electron chi connectivity index (χ1n) is 10.6. The molecule has 2 fully saturated rings. The van der Waals surface area contributed by atoms with Crippen molar-refractivity contribution in [2.45, 2.75) is 12.5 Å². The number of ketones is 1. The van der Waals surface area contributed by atoms with Crippen LogP contribution in [0.2, 0.25) is 0 Å². The number of ether oxygens (including phenoxy) is 1. The van der Waals surface area contributed by atoms with Gasteiger partial charge in [-0.1, -0.05) is 12.1 Å². The minimum absolute atomic E-state index is 0.0109. The predicted molar refractivity (Wildman–Crippen MR) is 115 cm³/mol. The summed E-state index contributed by atoms with van der Waals surface area (Å²) in [6.45, 7) is 4.04. The summed E-state index contributed by atoms with van der Waals surface area (Å²) in [6.07, 6.45) is 0.638. The third-order valence-electron chi connectivity index (χ3n) is 5.82. The van der Waals surface area contributed by atoms with Gasteiger partial charge in [-0.2, -0.15) is 0 Å². The van der Waals surface area contributed by atoms with Gasteiger partial charge >= 0.3 is 0 Å². The molecule has 2 aromatic carbocycles. The lowest BCUT2D eigenvalue weighted by atomic mass is 9.95. The third-order valence-corrected chi connectivity index (χ3v) is 5.82. The molecule has 0 bridgehead atoms. The molecule has 1 atom stereocenters. The molecule has 8 heteroatoms. The van der Waals surface area contributed by atoms with E-state index < -0.39 is 23.5 Å². The number of hydrogen-bond acceptors (Lipinski definition) is 6.